The summed E-state index contributed by atoms with van der Waals surface area (Å²) in [6.07, 6.45) is 0. The molecule has 0 spiro atoms. The molecule has 2 N–H and O–H groups in total. The Kier molecular flexibility index (Phi) is 5.74. The Morgan fingerprint density at radius 3 is 2.52 bits per heavy atom. The number of nitrogens with one attached hydrogen (secondary N) is 2. The first-order valence-corrected chi connectivity index (χ1v) is 7.83. The third kappa shape index (κ3) is 4.53. The van der Waals surface area contributed by atoms with Crippen LogP contribution in [0.4, 0.5) is 10.5 Å². The number of hydrogen-bond donors (Lipinski definition) is 2. The molecular weight excluding hydrogens is 335 g/mol. The van der Waals surface area contributed by atoms with Crippen molar-refractivity contribution in [2.75, 3.05) is 12.0 Å². The minimum Gasteiger partial charge on any atom is -0.473 e. The predicted octanol–water partition coefficient (Wildman–Crippen LogP) is 5.08. The third-order valence-electron chi connectivity index (χ3n) is 3.50. The molecule has 2 aromatic carbocycles. The first-order chi connectivity index (χ1) is 10.9. The first kappa shape index (κ1) is 17.4. The van der Waals surface area contributed by atoms with Gasteiger partial charge < -0.3 is 15.4 Å². The number of urea groups is 1. The summed E-state index contributed by atoms with van der Waals surface area (Å²) in [4.78, 5) is 11.9. The minimum atomic E-state index is -0.419. The van der Waals surface area contributed by atoms with E-state index in [9.17, 15) is 4.79 Å². The lowest BCUT2D eigenvalue weighted by Crippen LogP contribution is -2.32. The highest BCUT2D eigenvalue weighted by Crippen LogP contribution is 2.26. The summed E-state index contributed by atoms with van der Waals surface area (Å²) in [6.45, 7) is 6.02. The van der Waals surface area contributed by atoms with Crippen molar-refractivity contribution in [2.45, 2.75) is 20.8 Å². The predicted molar refractivity (Wildman–Crippen MR) is 94.8 cm³/mol. The van der Waals surface area contributed by atoms with Crippen molar-refractivity contribution >= 4 is 34.9 Å². The molecule has 122 valence electrons. The average Bonchev–Trinajstić information content (AvgIpc) is 2.50. The molecule has 0 saturated heterocycles. The van der Waals surface area contributed by atoms with Crippen LogP contribution < -0.4 is 15.4 Å². The number of aryl methyl sites for hydroxylation is 2. The normalized spacial score (nSPS) is 10.3. The van der Waals surface area contributed by atoms with Gasteiger partial charge in [0.1, 0.15) is 5.75 Å². The largest absolute Gasteiger partial charge is 0.473 e. The lowest BCUT2D eigenvalue weighted by Gasteiger charge is -2.15. The molecule has 0 atom stereocenters. The maximum Gasteiger partial charge on any atom is 0.321 e. The van der Waals surface area contributed by atoms with Crippen molar-refractivity contribution in [3.05, 3.63) is 57.1 Å². The topological polar surface area (TPSA) is 50.4 Å². The lowest BCUT2D eigenvalue weighted by atomic mass is 10.1. The van der Waals surface area contributed by atoms with Gasteiger partial charge in [-0.2, -0.15) is 0 Å². The number of rotatable bonds is 4. The highest BCUT2D eigenvalue weighted by Gasteiger charge is 2.09. The van der Waals surface area contributed by atoms with E-state index in [-0.39, 0.29) is 6.73 Å². The molecule has 2 rings (SSSR count). The minimum absolute atomic E-state index is 0.0507. The van der Waals surface area contributed by atoms with E-state index in [2.05, 4.69) is 10.6 Å². The molecule has 0 bridgehead atoms. The standard InChI is InChI=1S/C17H18Cl2N2O2/c1-10-4-5-11(2)16(12(10)3)23-9-20-17(22)21-15-8-13(18)6-7-14(15)19/h4-8H,9H2,1-3H3,(H2,20,21,22). The molecule has 0 aliphatic carbocycles. The Hall–Kier alpha value is -1.91. The Labute approximate surface area is 145 Å². The fourth-order valence-corrected chi connectivity index (χ4v) is 2.42. The van der Waals surface area contributed by atoms with Crippen molar-refractivity contribution in [3.63, 3.8) is 0 Å². The van der Waals surface area contributed by atoms with Crippen LogP contribution in [0.3, 0.4) is 0 Å². The Morgan fingerprint density at radius 2 is 1.78 bits per heavy atom. The molecule has 4 nitrogen and oxygen atoms in total. The van der Waals surface area contributed by atoms with Crippen LogP contribution in [0.15, 0.2) is 30.3 Å². The molecule has 0 aliphatic heterocycles. The van der Waals surface area contributed by atoms with Crippen molar-refractivity contribution in [3.8, 4) is 5.75 Å². The number of benzene rings is 2. The number of carbonyl (C=O) groups excluding carboxylic acids is 1. The van der Waals surface area contributed by atoms with Gasteiger partial charge in [0.25, 0.3) is 0 Å². The molecule has 0 aliphatic rings. The summed E-state index contributed by atoms with van der Waals surface area (Å²) in [6, 6.07) is 8.47. The number of ether oxygens (including phenoxy) is 1. The summed E-state index contributed by atoms with van der Waals surface area (Å²) in [7, 11) is 0. The number of halogens is 2. The summed E-state index contributed by atoms with van der Waals surface area (Å²) in [5.41, 5.74) is 3.67. The van der Waals surface area contributed by atoms with Crippen molar-refractivity contribution in [1.29, 1.82) is 0 Å². The molecule has 0 unspecified atom stereocenters. The zero-order valence-corrected chi connectivity index (χ0v) is 14.7. The van der Waals surface area contributed by atoms with Gasteiger partial charge in [-0.1, -0.05) is 35.3 Å². The first-order valence-electron chi connectivity index (χ1n) is 7.08. The van der Waals surface area contributed by atoms with Crippen LogP contribution in [0.5, 0.6) is 5.75 Å². The van der Waals surface area contributed by atoms with E-state index in [1.165, 1.54) is 0 Å². The molecule has 0 saturated carbocycles. The van der Waals surface area contributed by atoms with Crippen molar-refractivity contribution in [2.24, 2.45) is 0 Å². The average molecular weight is 353 g/mol. The highest BCUT2D eigenvalue weighted by molar-refractivity contribution is 6.35. The van der Waals surface area contributed by atoms with E-state index in [1.807, 2.05) is 32.9 Å². The fourth-order valence-electron chi connectivity index (χ4n) is 2.08. The number of anilines is 1. The second-order valence-electron chi connectivity index (χ2n) is 5.20. The Bertz CT molecular complexity index is 733. The summed E-state index contributed by atoms with van der Waals surface area (Å²) in [5.74, 6) is 0.783. The van der Waals surface area contributed by atoms with E-state index >= 15 is 0 Å². The zero-order chi connectivity index (χ0) is 17.0. The second-order valence-corrected chi connectivity index (χ2v) is 6.04. The molecule has 23 heavy (non-hydrogen) atoms. The Morgan fingerprint density at radius 1 is 1.09 bits per heavy atom. The molecule has 0 fully saturated rings. The molecule has 2 amide bonds. The third-order valence-corrected chi connectivity index (χ3v) is 4.06. The Balaban J connectivity index is 1.93. The monoisotopic (exact) mass is 352 g/mol. The van der Waals surface area contributed by atoms with Gasteiger partial charge in [0.15, 0.2) is 6.73 Å². The smallest absolute Gasteiger partial charge is 0.321 e. The van der Waals surface area contributed by atoms with Crippen LogP contribution in [0.2, 0.25) is 10.0 Å². The van der Waals surface area contributed by atoms with Crippen LogP contribution in [0, 0.1) is 20.8 Å². The molecule has 0 radical (unpaired) electrons. The quantitative estimate of drug-likeness (QED) is 0.754. The van der Waals surface area contributed by atoms with Crippen molar-refractivity contribution < 1.29 is 9.53 Å². The molecule has 6 heteroatoms. The van der Waals surface area contributed by atoms with Crippen LogP contribution in [0.1, 0.15) is 16.7 Å². The van der Waals surface area contributed by atoms with E-state index < -0.39 is 6.03 Å². The van der Waals surface area contributed by atoms with E-state index in [4.69, 9.17) is 27.9 Å². The van der Waals surface area contributed by atoms with E-state index in [0.717, 1.165) is 22.4 Å². The van der Waals surface area contributed by atoms with Crippen LogP contribution in [0.25, 0.3) is 0 Å². The van der Waals surface area contributed by atoms with Gasteiger partial charge >= 0.3 is 6.03 Å². The highest BCUT2D eigenvalue weighted by atomic mass is 35.5. The molecule has 2 aromatic rings. The number of hydrogen-bond acceptors (Lipinski definition) is 2. The SMILES string of the molecule is Cc1ccc(C)c(OCNC(=O)Nc2cc(Cl)ccc2Cl)c1C. The maximum atomic E-state index is 11.9. The second kappa shape index (κ2) is 7.57. The van der Waals surface area contributed by atoms with Gasteiger partial charge in [0.05, 0.1) is 10.7 Å². The van der Waals surface area contributed by atoms with Gasteiger partial charge in [0.2, 0.25) is 0 Å². The van der Waals surface area contributed by atoms with Gasteiger partial charge in [-0.3, -0.25) is 0 Å². The number of carbonyl (C=O) groups is 1. The van der Waals surface area contributed by atoms with Gasteiger partial charge in [-0.25, -0.2) is 4.79 Å². The van der Waals surface area contributed by atoms with E-state index in [0.29, 0.717) is 15.7 Å². The van der Waals surface area contributed by atoms with E-state index in [1.54, 1.807) is 18.2 Å². The van der Waals surface area contributed by atoms with Crippen LogP contribution >= 0.6 is 23.2 Å². The zero-order valence-electron chi connectivity index (χ0n) is 13.2. The maximum absolute atomic E-state index is 11.9. The molecule has 0 heterocycles. The van der Waals surface area contributed by atoms with Crippen molar-refractivity contribution in [1.82, 2.24) is 5.32 Å². The van der Waals surface area contributed by atoms with Crippen LogP contribution in [-0.2, 0) is 0 Å². The summed E-state index contributed by atoms with van der Waals surface area (Å²) >= 11 is 11.9. The van der Waals surface area contributed by atoms with Gasteiger partial charge in [0, 0.05) is 5.02 Å². The lowest BCUT2D eigenvalue weighted by molar-refractivity contribution is 0.234. The van der Waals surface area contributed by atoms with Gasteiger partial charge in [-0.15, -0.1) is 0 Å². The van der Waals surface area contributed by atoms with Crippen LogP contribution in [-0.4, -0.2) is 12.8 Å². The summed E-state index contributed by atoms with van der Waals surface area (Å²) < 4.78 is 5.68. The number of amides is 2. The summed E-state index contributed by atoms with van der Waals surface area (Å²) in [5, 5.41) is 6.16. The molecular formula is C17H18Cl2N2O2. The van der Waals surface area contributed by atoms with Gasteiger partial charge in [-0.05, 0) is 55.7 Å². The fraction of sp³-hybridized carbons (Fsp3) is 0.235. The molecule has 0 aromatic heterocycles.